The maximum absolute atomic E-state index is 13.6. The molecule has 0 aliphatic carbocycles. The Morgan fingerprint density at radius 3 is 1.75 bits per heavy atom. The first kappa shape index (κ1) is 22.8. The van der Waals surface area contributed by atoms with Gasteiger partial charge in [-0.3, -0.25) is 14.5 Å². The van der Waals surface area contributed by atoms with E-state index in [1.165, 1.54) is 4.90 Å². The van der Waals surface area contributed by atoms with Crippen LogP contribution < -0.4 is 10.2 Å². The van der Waals surface area contributed by atoms with Crippen molar-refractivity contribution in [3.8, 4) is 0 Å². The van der Waals surface area contributed by atoms with Gasteiger partial charge in [0.2, 0.25) is 0 Å². The van der Waals surface area contributed by atoms with E-state index in [1.54, 1.807) is 48.5 Å². The summed E-state index contributed by atoms with van der Waals surface area (Å²) in [5.41, 5.74) is 2.03. The van der Waals surface area contributed by atoms with Gasteiger partial charge in [0, 0.05) is 30.1 Å². The number of amides is 1. The van der Waals surface area contributed by atoms with Gasteiger partial charge >= 0.3 is 6.18 Å². The van der Waals surface area contributed by atoms with Crippen LogP contribution in [0.1, 0.15) is 5.56 Å². The third kappa shape index (κ3) is 6.07. The minimum atomic E-state index is -4.97. The van der Waals surface area contributed by atoms with E-state index in [0.29, 0.717) is 17.5 Å². The molecule has 4 nitrogen and oxygen atoms in total. The quantitative estimate of drug-likeness (QED) is 0.492. The Hall–Kier alpha value is -3.87. The molecular weight excluding hydrogens is 417 g/mol. The van der Waals surface area contributed by atoms with Crippen molar-refractivity contribution >= 4 is 23.1 Å². The number of hydrogen-bond donors (Lipinski definition) is 1. The summed E-state index contributed by atoms with van der Waals surface area (Å²) >= 11 is 0. The normalized spacial score (nSPS) is 12.3. The van der Waals surface area contributed by atoms with Gasteiger partial charge in [-0.05, 0) is 29.8 Å². The smallest absolute Gasteiger partial charge is 0.379 e. The highest BCUT2D eigenvalue weighted by atomic mass is 19.4. The number of ketones is 1. The molecule has 0 fully saturated rings. The van der Waals surface area contributed by atoms with E-state index in [4.69, 9.17) is 0 Å². The molecule has 0 radical (unpaired) electrons. The summed E-state index contributed by atoms with van der Waals surface area (Å²) in [5.74, 6) is -2.38. The summed E-state index contributed by atoms with van der Waals surface area (Å²) in [7, 11) is 0. The third-order valence-electron chi connectivity index (χ3n) is 4.64. The first-order chi connectivity index (χ1) is 15.4. The van der Waals surface area contributed by atoms with Crippen molar-refractivity contribution in [1.29, 1.82) is 0 Å². The summed E-state index contributed by atoms with van der Waals surface area (Å²) in [5, 5.41) is 2.70. The van der Waals surface area contributed by atoms with Gasteiger partial charge in [0.05, 0.1) is 0 Å². The molecule has 1 amide bonds. The number of nitrogens with zero attached hydrogens (tertiary/aromatic N) is 1. The second-order valence-electron chi connectivity index (χ2n) is 6.95. The first-order valence-electron chi connectivity index (χ1n) is 9.88. The number of carbonyl (C=O) groups excluding carboxylic acids is 2. The number of halogens is 3. The highest BCUT2D eigenvalue weighted by Crippen LogP contribution is 2.26. The molecule has 32 heavy (non-hydrogen) atoms. The van der Waals surface area contributed by atoms with Crippen molar-refractivity contribution in [3.63, 3.8) is 0 Å². The number of benzene rings is 3. The molecule has 0 aliphatic heterocycles. The zero-order valence-corrected chi connectivity index (χ0v) is 17.0. The molecule has 3 aromatic carbocycles. The third-order valence-corrected chi connectivity index (χ3v) is 4.64. The molecule has 1 N–H and O–H groups in total. The van der Waals surface area contributed by atoms with E-state index in [9.17, 15) is 22.8 Å². The van der Waals surface area contributed by atoms with Crippen molar-refractivity contribution in [1.82, 2.24) is 5.32 Å². The average Bonchev–Trinajstić information content (AvgIpc) is 2.80. The molecule has 3 rings (SSSR count). The van der Waals surface area contributed by atoms with E-state index < -0.39 is 18.0 Å². The molecule has 0 saturated heterocycles. The average molecular weight is 438 g/mol. The Morgan fingerprint density at radius 2 is 1.28 bits per heavy atom. The predicted octanol–water partition coefficient (Wildman–Crippen LogP) is 5.20. The lowest BCUT2D eigenvalue weighted by atomic mass is 10.0. The van der Waals surface area contributed by atoms with Crippen LogP contribution in [0, 0.1) is 0 Å². The van der Waals surface area contributed by atoms with Crippen LogP contribution in [-0.4, -0.2) is 23.9 Å². The largest absolute Gasteiger partial charge is 0.454 e. The summed E-state index contributed by atoms with van der Waals surface area (Å²) < 4.78 is 37.6. The Labute approximate surface area is 184 Å². The Balaban J connectivity index is 1.94. The standard InChI is InChI=1S/C25H21F3N2O2/c26-25(27,28)23(31)16-17-29-22(18-19-10-4-1-5-11-19)24(32)30(20-12-6-2-7-13-20)21-14-8-3-9-15-21/h1-17,22,29H,18H2/b17-16+. The van der Waals surface area contributed by atoms with Crippen LogP contribution in [0.3, 0.4) is 0 Å². The van der Waals surface area contributed by atoms with Gasteiger partial charge in [0.25, 0.3) is 11.7 Å². The number of alkyl halides is 3. The molecule has 7 heteroatoms. The summed E-state index contributed by atoms with van der Waals surface area (Å²) in [6.07, 6.45) is -3.49. The number of anilines is 2. The molecule has 164 valence electrons. The van der Waals surface area contributed by atoms with Crippen molar-refractivity contribution in [2.75, 3.05) is 4.90 Å². The van der Waals surface area contributed by atoms with Crippen LogP contribution in [0.2, 0.25) is 0 Å². The lowest BCUT2D eigenvalue weighted by Gasteiger charge is -2.28. The Kier molecular flexibility index (Phi) is 7.44. The molecule has 0 spiro atoms. The number of carbonyl (C=O) groups is 2. The van der Waals surface area contributed by atoms with Crippen LogP contribution in [0.4, 0.5) is 24.5 Å². The van der Waals surface area contributed by atoms with Gasteiger partial charge < -0.3 is 5.32 Å². The maximum Gasteiger partial charge on any atom is 0.454 e. The van der Waals surface area contributed by atoms with Gasteiger partial charge in [-0.1, -0.05) is 66.7 Å². The molecule has 0 saturated carbocycles. The fourth-order valence-electron chi connectivity index (χ4n) is 3.12. The number of nitrogens with one attached hydrogen (secondary N) is 1. The maximum atomic E-state index is 13.6. The second-order valence-corrected chi connectivity index (χ2v) is 6.95. The highest BCUT2D eigenvalue weighted by Gasteiger charge is 2.36. The van der Waals surface area contributed by atoms with E-state index in [0.717, 1.165) is 11.8 Å². The fraction of sp³-hybridized carbons (Fsp3) is 0.120. The Bertz CT molecular complexity index is 1010. The van der Waals surface area contributed by atoms with Crippen molar-refractivity contribution in [2.45, 2.75) is 18.6 Å². The van der Waals surface area contributed by atoms with Crippen molar-refractivity contribution in [3.05, 3.63) is 109 Å². The SMILES string of the molecule is O=C(C(Cc1ccccc1)N/C=C/C(=O)C(F)(F)F)N(c1ccccc1)c1ccccc1. The van der Waals surface area contributed by atoms with Gasteiger partial charge in [0.15, 0.2) is 0 Å². The molecule has 3 aromatic rings. The topological polar surface area (TPSA) is 49.4 Å². The Morgan fingerprint density at radius 1 is 0.812 bits per heavy atom. The van der Waals surface area contributed by atoms with E-state index in [-0.39, 0.29) is 12.3 Å². The highest BCUT2D eigenvalue weighted by molar-refractivity contribution is 6.03. The molecule has 0 bridgehead atoms. The molecule has 0 aromatic heterocycles. The predicted molar refractivity (Wildman–Crippen MR) is 117 cm³/mol. The number of para-hydroxylation sites is 2. The zero-order valence-electron chi connectivity index (χ0n) is 17.0. The van der Waals surface area contributed by atoms with Gasteiger partial charge in [-0.25, -0.2) is 0 Å². The van der Waals surface area contributed by atoms with E-state index in [2.05, 4.69) is 5.32 Å². The van der Waals surface area contributed by atoms with Crippen LogP contribution >= 0.6 is 0 Å². The monoisotopic (exact) mass is 438 g/mol. The van der Waals surface area contributed by atoms with Crippen LogP contribution in [0.25, 0.3) is 0 Å². The fourth-order valence-corrected chi connectivity index (χ4v) is 3.12. The zero-order chi connectivity index (χ0) is 23.0. The number of rotatable bonds is 8. The molecule has 0 heterocycles. The summed E-state index contributed by atoms with van der Waals surface area (Å²) in [6.45, 7) is 0. The molecule has 1 atom stereocenters. The van der Waals surface area contributed by atoms with Crippen molar-refractivity contribution in [2.24, 2.45) is 0 Å². The number of hydrogen-bond acceptors (Lipinski definition) is 3. The minimum absolute atomic E-state index is 0.209. The van der Waals surface area contributed by atoms with Crippen LogP contribution in [0.5, 0.6) is 0 Å². The lowest BCUT2D eigenvalue weighted by molar-refractivity contribution is -0.165. The van der Waals surface area contributed by atoms with Crippen molar-refractivity contribution < 1.29 is 22.8 Å². The van der Waals surface area contributed by atoms with E-state index >= 15 is 0 Å². The summed E-state index contributed by atoms with van der Waals surface area (Å²) in [6, 6.07) is 26.1. The first-order valence-corrected chi connectivity index (χ1v) is 9.88. The molecule has 0 aliphatic rings. The molecular formula is C25H21F3N2O2. The summed E-state index contributed by atoms with van der Waals surface area (Å²) in [4.78, 5) is 26.3. The van der Waals surface area contributed by atoms with Gasteiger partial charge in [-0.15, -0.1) is 0 Å². The van der Waals surface area contributed by atoms with Crippen LogP contribution in [0.15, 0.2) is 103 Å². The minimum Gasteiger partial charge on any atom is -0.379 e. The van der Waals surface area contributed by atoms with Gasteiger partial charge in [-0.2, -0.15) is 13.2 Å². The van der Waals surface area contributed by atoms with E-state index in [1.807, 2.05) is 42.5 Å². The lowest BCUT2D eigenvalue weighted by Crippen LogP contribution is -2.44. The number of allylic oxidation sites excluding steroid dienone is 1. The second kappa shape index (κ2) is 10.4. The van der Waals surface area contributed by atoms with Crippen LogP contribution in [-0.2, 0) is 16.0 Å². The molecule has 1 unspecified atom stereocenters. The van der Waals surface area contributed by atoms with Gasteiger partial charge in [0.1, 0.15) is 6.04 Å².